The minimum Gasteiger partial charge on any atom is -0.394 e. The SMILES string of the molecule is CCCCCCC/C=C\C/C=C\C/C=C\CCCCCCCCCCCCCCCCCCCCCCCCCCCCC(=O)NC(COC1OC(CO)C(OC2OC(CO)C(O)C(O)C2O)C(O)C1O)C(O)/C=C/CC/C=C/CC/C=C/CCCCCCCCCCCCCCCCCCCCCCCC. The monoisotopic (exact) mass is 1510 g/mol. The number of amides is 1. The molecule has 0 aromatic heterocycles. The molecule has 14 heteroatoms. The largest absolute Gasteiger partial charge is 0.394 e. The zero-order valence-electron chi connectivity index (χ0n) is 69.1. The van der Waals surface area contributed by atoms with E-state index < -0.39 is 86.8 Å². The van der Waals surface area contributed by atoms with Gasteiger partial charge in [-0.25, -0.2) is 0 Å². The van der Waals surface area contributed by atoms with E-state index in [4.69, 9.17) is 18.9 Å². The predicted molar refractivity (Wildman–Crippen MR) is 447 cm³/mol. The summed E-state index contributed by atoms with van der Waals surface area (Å²) in [6.07, 6.45) is 90.3. The van der Waals surface area contributed by atoms with Crippen LogP contribution < -0.4 is 5.32 Å². The number of unbranched alkanes of at least 4 members (excludes halogenated alkanes) is 55. The molecule has 12 atom stereocenters. The fourth-order valence-electron chi connectivity index (χ4n) is 14.9. The van der Waals surface area contributed by atoms with Crippen LogP contribution in [0, 0.1) is 0 Å². The highest BCUT2D eigenvalue weighted by Crippen LogP contribution is 2.31. The normalized spacial score (nSPS) is 21.5. The first-order chi connectivity index (χ1) is 52.6. The number of hydrogen-bond donors (Lipinski definition) is 9. The Hall–Kier alpha value is -2.57. The van der Waals surface area contributed by atoms with Gasteiger partial charge in [0.25, 0.3) is 0 Å². The summed E-state index contributed by atoms with van der Waals surface area (Å²) in [5.74, 6) is -0.246. The first kappa shape index (κ1) is 101. The Balaban J connectivity index is 1.57. The molecule has 14 nitrogen and oxygen atoms in total. The number of hydrogen-bond acceptors (Lipinski definition) is 13. The summed E-state index contributed by atoms with van der Waals surface area (Å²) in [4.78, 5) is 13.4. The van der Waals surface area contributed by atoms with Gasteiger partial charge in [0.15, 0.2) is 12.6 Å². The molecule has 9 N–H and O–H groups in total. The van der Waals surface area contributed by atoms with E-state index >= 15 is 0 Å². The van der Waals surface area contributed by atoms with Gasteiger partial charge in [-0.05, 0) is 83.5 Å². The van der Waals surface area contributed by atoms with Crippen LogP contribution in [0.4, 0.5) is 0 Å². The molecule has 2 rings (SSSR count). The fraction of sp³-hybridized carbons (Fsp3) is 0.860. The minimum atomic E-state index is -1.80. The van der Waals surface area contributed by atoms with Crippen LogP contribution in [0.15, 0.2) is 72.9 Å². The van der Waals surface area contributed by atoms with E-state index in [0.717, 1.165) is 57.8 Å². The molecule has 0 saturated carbocycles. The molecule has 0 radical (unpaired) electrons. The van der Waals surface area contributed by atoms with Crippen LogP contribution in [-0.2, 0) is 23.7 Å². The average molecular weight is 1510 g/mol. The van der Waals surface area contributed by atoms with Crippen molar-refractivity contribution >= 4 is 5.91 Å². The van der Waals surface area contributed by atoms with Crippen molar-refractivity contribution in [1.82, 2.24) is 5.32 Å². The third kappa shape index (κ3) is 58.0. The van der Waals surface area contributed by atoms with Gasteiger partial charge >= 0.3 is 0 Å². The van der Waals surface area contributed by atoms with Crippen LogP contribution in [0.25, 0.3) is 0 Å². The van der Waals surface area contributed by atoms with Crippen LogP contribution >= 0.6 is 0 Å². The van der Waals surface area contributed by atoms with E-state index in [1.54, 1.807) is 6.08 Å². The van der Waals surface area contributed by atoms with Crippen molar-refractivity contribution in [2.45, 2.75) is 492 Å². The molecule has 1 amide bonds. The quantitative estimate of drug-likeness (QED) is 0.0204. The zero-order chi connectivity index (χ0) is 77.2. The van der Waals surface area contributed by atoms with Gasteiger partial charge in [-0.3, -0.25) is 4.79 Å². The number of rotatable bonds is 78. The third-order valence-corrected chi connectivity index (χ3v) is 22.1. The molecule has 2 fully saturated rings. The molecule has 626 valence electrons. The van der Waals surface area contributed by atoms with Crippen LogP contribution in [0.2, 0.25) is 0 Å². The van der Waals surface area contributed by atoms with E-state index in [-0.39, 0.29) is 18.9 Å². The van der Waals surface area contributed by atoms with Gasteiger partial charge in [-0.15, -0.1) is 0 Å². The Bertz CT molecular complexity index is 2080. The number of ether oxygens (including phenoxy) is 4. The predicted octanol–water partition coefficient (Wildman–Crippen LogP) is 22.4. The molecular weight excluding hydrogens is 1340 g/mol. The van der Waals surface area contributed by atoms with Crippen molar-refractivity contribution in [3.8, 4) is 0 Å². The maximum absolute atomic E-state index is 13.4. The summed E-state index contributed by atoms with van der Waals surface area (Å²) >= 11 is 0. The summed E-state index contributed by atoms with van der Waals surface area (Å²) in [7, 11) is 0. The smallest absolute Gasteiger partial charge is 0.220 e. The summed E-state index contributed by atoms with van der Waals surface area (Å²) < 4.78 is 22.9. The molecule has 12 unspecified atom stereocenters. The Kier molecular flexibility index (Phi) is 71.5. The lowest BCUT2D eigenvalue weighted by molar-refractivity contribution is -0.359. The fourth-order valence-corrected chi connectivity index (χ4v) is 14.9. The topological polar surface area (TPSA) is 228 Å². The van der Waals surface area contributed by atoms with Crippen molar-refractivity contribution < 1.29 is 64.6 Å². The highest BCUT2D eigenvalue weighted by molar-refractivity contribution is 5.76. The number of allylic oxidation sites excluding steroid dienone is 11. The molecular formula is C93H171NO13. The van der Waals surface area contributed by atoms with Gasteiger partial charge in [0, 0.05) is 6.42 Å². The van der Waals surface area contributed by atoms with Gasteiger partial charge in [-0.1, -0.05) is 401 Å². The van der Waals surface area contributed by atoms with Crippen LogP contribution in [0.3, 0.4) is 0 Å². The van der Waals surface area contributed by atoms with Gasteiger partial charge < -0.3 is 65.1 Å². The van der Waals surface area contributed by atoms with E-state index in [2.05, 4.69) is 79.9 Å². The Morgan fingerprint density at radius 3 is 0.981 bits per heavy atom. The molecule has 2 aliphatic rings. The number of aliphatic hydroxyl groups is 8. The maximum atomic E-state index is 13.4. The number of carbonyl (C=O) groups excluding carboxylic acids is 1. The lowest BCUT2D eigenvalue weighted by Crippen LogP contribution is -2.65. The number of nitrogens with one attached hydrogen (secondary N) is 1. The van der Waals surface area contributed by atoms with E-state index in [1.165, 1.54) is 327 Å². The van der Waals surface area contributed by atoms with E-state index in [9.17, 15) is 45.6 Å². The van der Waals surface area contributed by atoms with E-state index in [1.807, 2.05) is 6.08 Å². The zero-order valence-corrected chi connectivity index (χ0v) is 69.1. The third-order valence-electron chi connectivity index (χ3n) is 22.1. The van der Waals surface area contributed by atoms with Crippen LogP contribution in [0.5, 0.6) is 0 Å². The van der Waals surface area contributed by atoms with Crippen molar-refractivity contribution in [2.75, 3.05) is 19.8 Å². The van der Waals surface area contributed by atoms with Crippen LogP contribution in [-0.4, -0.2) is 140 Å². The van der Waals surface area contributed by atoms with Crippen molar-refractivity contribution in [2.24, 2.45) is 0 Å². The second kappa shape index (κ2) is 76.1. The second-order valence-electron chi connectivity index (χ2n) is 32.1. The average Bonchev–Trinajstić information content (AvgIpc) is 0.789. The van der Waals surface area contributed by atoms with Crippen LogP contribution in [0.1, 0.15) is 418 Å². The van der Waals surface area contributed by atoms with Crippen molar-refractivity contribution in [3.05, 3.63) is 72.9 Å². The molecule has 0 bridgehead atoms. The van der Waals surface area contributed by atoms with Crippen molar-refractivity contribution in [3.63, 3.8) is 0 Å². The summed E-state index contributed by atoms with van der Waals surface area (Å²) in [6, 6.07) is -0.942. The van der Waals surface area contributed by atoms with Gasteiger partial charge in [0.05, 0.1) is 32.0 Å². The second-order valence-corrected chi connectivity index (χ2v) is 32.1. The summed E-state index contributed by atoms with van der Waals surface area (Å²) in [5, 5.41) is 87.8. The molecule has 2 saturated heterocycles. The molecule has 0 aliphatic carbocycles. The Labute approximate surface area is 657 Å². The van der Waals surface area contributed by atoms with Crippen molar-refractivity contribution in [1.29, 1.82) is 0 Å². The molecule has 107 heavy (non-hydrogen) atoms. The minimum absolute atomic E-state index is 0.246. The lowest BCUT2D eigenvalue weighted by Gasteiger charge is -2.46. The Morgan fingerprint density at radius 1 is 0.336 bits per heavy atom. The highest BCUT2D eigenvalue weighted by atomic mass is 16.7. The van der Waals surface area contributed by atoms with Gasteiger partial charge in [-0.2, -0.15) is 0 Å². The molecule has 2 aliphatic heterocycles. The van der Waals surface area contributed by atoms with E-state index in [0.29, 0.717) is 12.8 Å². The summed E-state index contributed by atoms with van der Waals surface area (Å²) in [6.45, 7) is 2.83. The van der Waals surface area contributed by atoms with Gasteiger partial charge in [0.1, 0.15) is 48.8 Å². The lowest BCUT2D eigenvalue weighted by atomic mass is 9.97. The summed E-state index contributed by atoms with van der Waals surface area (Å²) in [5.41, 5.74) is 0. The molecule has 0 aromatic rings. The first-order valence-electron chi connectivity index (χ1n) is 45.7. The molecule has 2 heterocycles. The number of aliphatic hydroxyl groups excluding tert-OH is 8. The maximum Gasteiger partial charge on any atom is 0.220 e. The van der Waals surface area contributed by atoms with Gasteiger partial charge in [0.2, 0.25) is 5.91 Å². The first-order valence-corrected chi connectivity index (χ1v) is 45.7. The standard InChI is InChI=1S/C93H171NO13/c1-3-5-7-9-11-13-15-17-19-21-23-25-27-29-31-33-35-37-38-39-40-41-42-43-44-45-47-49-51-53-55-57-59-61-63-65-67-69-71-73-75-77-85(98)94-81(80-104-92-90(103)88(101)91(84(79-96)106-92)107-93-89(102)87(100)86(99)83(78-95)105-93)82(97)76-74-72-70-68-66-64-62-60-58-56-54-52-50-48-46-36-34-32-30-28-26-24-22-20-18-16-14-12-10-8-6-4-2/h15,17,21,23,27,29,58,60,66,68,74,76,81-84,86-93,95-97,99-103H,3-14,16,18-20,22,24-26,28,30-57,59,61-65,67,69-73,75,77-80H2,1-2H3,(H,94,98)/b17-15-,23-21-,29-27-,60-58+,68-66+,76-74+. The molecule has 0 spiro atoms. The highest BCUT2D eigenvalue weighted by Gasteiger charge is 2.51. The molecule has 0 aromatic carbocycles. The Morgan fingerprint density at radius 2 is 0.626 bits per heavy atom. The number of carbonyl (C=O) groups is 1.